The highest BCUT2D eigenvalue weighted by atomic mass is 32.1. The first kappa shape index (κ1) is 20.1. The van der Waals surface area contributed by atoms with Gasteiger partial charge in [0, 0.05) is 42.2 Å². The van der Waals surface area contributed by atoms with Gasteiger partial charge in [0.1, 0.15) is 5.82 Å². The Morgan fingerprint density at radius 3 is 2.70 bits per heavy atom. The first-order chi connectivity index (χ1) is 14.3. The molecule has 1 aliphatic rings. The topological polar surface area (TPSA) is 106 Å². The van der Waals surface area contributed by atoms with Crippen LogP contribution in [-0.2, 0) is 21.4 Å². The monoisotopic (exact) mass is 425 g/mol. The molecule has 0 aliphatic carbocycles. The number of carbonyl (C=O) groups excluding carboxylic acids is 2. The lowest BCUT2D eigenvalue weighted by Crippen LogP contribution is -2.23. The van der Waals surface area contributed by atoms with Gasteiger partial charge in [-0.1, -0.05) is 20.8 Å². The van der Waals surface area contributed by atoms with Crippen LogP contribution >= 0.6 is 11.3 Å². The zero-order valence-electron chi connectivity index (χ0n) is 17.1. The number of aromatic nitrogens is 5. The predicted molar refractivity (Wildman–Crippen MR) is 114 cm³/mol. The first-order valence-electron chi connectivity index (χ1n) is 9.74. The van der Waals surface area contributed by atoms with E-state index in [1.165, 1.54) is 16.0 Å². The van der Waals surface area contributed by atoms with Crippen molar-refractivity contribution in [1.29, 1.82) is 0 Å². The van der Waals surface area contributed by atoms with Crippen molar-refractivity contribution in [3.8, 4) is 5.95 Å². The molecular formula is C20H23N7O2S. The molecule has 3 aromatic rings. The van der Waals surface area contributed by atoms with Crippen LogP contribution in [-0.4, -0.2) is 43.1 Å². The Morgan fingerprint density at radius 2 is 2.03 bits per heavy atom. The van der Waals surface area contributed by atoms with Crippen LogP contribution in [0.4, 0.5) is 10.9 Å². The number of nitrogens with one attached hydrogen (secondary N) is 1. The molecule has 1 fully saturated rings. The second-order valence-corrected chi connectivity index (χ2v) is 8.96. The number of hydrogen-bond donors (Lipinski definition) is 1. The van der Waals surface area contributed by atoms with Crippen molar-refractivity contribution in [3.05, 3.63) is 41.3 Å². The number of hydrogen-bond acceptors (Lipinski definition) is 7. The standard InChI is InChI=1S/C20H23N7O2S/c1-20(2,3)14-11-15(27(25-14)18-21-7-5-8-22-18)24-16(28)10-13-12-30-19(23-13)26-9-4-6-17(26)29/h5,7-8,11-12H,4,6,9-10H2,1-3H3,(H,24,28). The van der Waals surface area contributed by atoms with Crippen molar-refractivity contribution in [2.24, 2.45) is 0 Å². The fourth-order valence-electron chi connectivity index (χ4n) is 3.09. The molecule has 1 N–H and O–H groups in total. The first-order valence-corrected chi connectivity index (χ1v) is 10.6. The second kappa shape index (κ2) is 7.94. The summed E-state index contributed by atoms with van der Waals surface area (Å²) in [7, 11) is 0. The predicted octanol–water partition coefficient (Wildman–Crippen LogP) is 2.72. The molecule has 0 unspecified atom stereocenters. The van der Waals surface area contributed by atoms with E-state index in [2.05, 4.69) is 25.4 Å². The molecule has 1 saturated heterocycles. The number of nitrogens with zero attached hydrogens (tertiary/aromatic N) is 6. The van der Waals surface area contributed by atoms with Crippen molar-refractivity contribution < 1.29 is 9.59 Å². The second-order valence-electron chi connectivity index (χ2n) is 8.12. The maximum atomic E-state index is 12.7. The van der Waals surface area contributed by atoms with Crippen molar-refractivity contribution in [3.63, 3.8) is 0 Å². The van der Waals surface area contributed by atoms with Gasteiger partial charge >= 0.3 is 0 Å². The molecule has 2 amide bonds. The molecule has 0 spiro atoms. The molecule has 4 rings (SSSR count). The molecule has 0 saturated carbocycles. The molecular weight excluding hydrogens is 402 g/mol. The maximum absolute atomic E-state index is 12.7. The third kappa shape index (κ3) is 4.23. The Labute approximate surface area is 178 Å². The van der Waals surface area contributed by atoms with Gasteiger partial charge in [0.15, 0.2) is 5.13 Å². The van der Waals surface area contributed by atoms with E-state index in [-0.39, 0.29) is 23.7 Å². The summed E-state index contributed by atoms with van der Waals surface area (Å²) < 4.78 is 1.54. The molecule has 1 aliphatic heterocycles. The van der Waals surface area contributed by atoms with Crippen LogP contribution in [0.3, 0.4) is 0 Å². The normalized spacial score (nSPS) is 14.4. The van der Waals surface area contributed by atoms with Crippen LogP contribution in [0.25, 0.3) is 5.95 Å². The van der Waals surface area contributed by atoms with Gasteiger partial charge in [-0.15, -0.1) is 11.3 Å². The number of carbonyl (C=O) groups is 2. The van der Waals surface area contributed by atoms with Gasteiger partial charge in [-0.3, -0.25) is 14.5 Å². The van der Waals surface area contributed by atoms with E-state index < -0.39 is 0 Å². The zero-order valence-corrected chi connectivity index (χ0v) is 17.9. The minimum absolute atomic E-state index is 0.0850. The van der Waals surface area contributed by atoms with Gasteiger partial charge in [0.2, 0.25) is 11.8 Å². The van der Waals surface area contributed by atoms with Crippen LogP contribution in [0.1, 0.15) is 45.0 Å². The summed E-state index contributed by atoms with van der Waals surface area (Å²) in [6.07, 6.45) is 4.75. The van der Waals surface area contributed by atoms with Gasteiger partial charge in [0.25, 0.3) is 5.95 Å². The molecule has 4 heterocycles. The van der Waals surface area contributed by atoms with Gasteiger partial charge < -0.3 is 5.32 Å². The summed E-state index contributed by atoms with van der Waals surface area (Å²) in [6.45, 7) is 6.83. The largest absolute Gasteiger partial charge is 0.310 e. The van der Waals surface area contributed by atoms with Crippen LogP contribution in [0, 0.1) is 0 Å². The average Bonchev–Trinajstić information content (AvgIpc) is 3.42. The number of thiazole rings is 1. The van der Waals surface area contributed by atoms with Gasteiger partial charge in [0.05, 0.1) is 17.8 Å². The van der Waals surface area contributed by atoms with Crippen LogP contribution in [0.15, 0.2) is 29.9 Å². The van der Waals surface area contributed by atoms with Crippen molar-refractivity contribution in [2.75, 3.05) is 16.8 Å². The van der Waals surface area contributed by atoms with E-state index >= 15 is 0 Å². The Hall–Kier alpha value is -3.14. The summed E-state index contributed by atoms with van der Waals surface area (Å²) in [4.78, 5) is 39.2. The smallest absolute Gasteiger partial charge is 0.252 e. The third-order valence-corrected chi connectivity index (χ3v) is 5.58. The molecule has 30 heavy (non-hydrogen) atoms. The minimum atomic E-state index is -0.225. The fraction of sp³-hybridized carbons (Fsp3) is 0.400. The molecule has 0 atom stereocenters. The molecule has 9 nitrogen and oxygen atoms in total. The Balaban J connectivity index is 1.52. The quantitative estimate of drug-likeness (QED) is 0.674. The summed E-state index contributed by atoms with van der Waals surface area (Å²) >= 11 is 1.38. The fourth-order valence-corrected chi connectivity index (χ4v) is 3.96. The van der Waals surface area contributed by atoms with Crippen molar-refractivity contribution in [2.45, 2.75) is 45.4 Å². The summed E-state index contributed by atoms with van der Waals surface area (Å²) in [5, 5.41) is 9.97. The highest BCUT2D eigenvalue weighted by molar-refractivity contribution is 7.14. The lowest BCUT2D eigenvalue weighted by molar-refractivity contribution is -0.117. The summed E-state index contributed by atoms with van der Waals surface area (Å²) in [5.74, 6) is 0.743. The summed E-state index contributed by atoms with van der Waals surface area (Å²) in [5.41, 5.74) is 1.24. The Kier molecular flexibility index (Phi) is 5.33. The lowest BCUT2D eigenvalue weighted by atomic mass is 9.92. The SMILES string of the molecule is CC(C)(C)c1cc(NC(=O)Cc2csc(N3CCCC3=O)n2)n(-c2ncccn2)n1. The molecule has 0 bridgehead atoms. The van der Waals surface area contributed by atoms with Gasteiger partial charge in [-0.2, -0.15) is 9.78 Å². The van der Waals surface area contributed by atoms with Gasteiger partial charge in [-0.05, 0) is 12.5 Å². The highest BCUT2D eigenvalue weighted by Gasteiger charge is 2.25. The minimum Gasteiger partial charge on any atom is -0.310 e. The molecule has 0 aromatic carbocycles. The number of anilines is 2. The lowest BCUT2D eigenvalue weighted by Gasteiger charge is -2.13. The number of rotatable bonds is 5. The van der Waals surface area contributed by atoms with E-state index in [9.17, 15) is 9.59 Å². The van der Waals surface area contributed by atoms with Crippen molar-refractivity contribution >= 4 is 34.1 Å². The van der Waals surface area contributed by atoms with Crippen LogP contribution < -0.4 is 10.2 Å². The molecule has 10 heteroatoms. The average molecular weight is 426 g/mol. The Morgan fingerprint density at radius 1 is 1.27 bits per heavy atom. The van der Waals surface area contributed by atoms with E-state index in [0.29, 0.717) is 35.6 Å². The highest BCUT2D eigenvalue weighted by Crippen LogP contribution is 2.27. The number of amides is 2. The van der Waals surface area contributed by atoms with Crippen LogP contribution in [0.2, 0.25) is 0 Å². The zero-order chi connectivity index (χ0) is 21.3. The van der Waals surface area contributed by atoms with Crippen molar-refractivity contribution in [1.82, 2.24) is 24.7 Å². The maximum Gasteiger partial charge on any atom is 0.252 e. The molecule has 3 aromatic heterocycles. The summed E-state index contributed by atoms with van der Waals surface area (Å²) in [6, 6.07) is 3.56. The van der Waals surface area contributed by atoms with E-state index in [1.54, 1.807) is 23.4 Å². The Bertz CT molecular complexity index is 1070. The molecule has 0 radical (unpaired) electrons. The third-order valence-electron chi connectivity index (χ3n) is 4.67. The molecule has 156 valence electrons. The van der Waals surface area contributed by atoms with E-state index in [0.717, 1.165) is 12.1 Å². The van der Waals surface area contributed by atoms with Gasteiger partial charge in [-0.25, -0.2) is 15.0 Å². The van der Waals surface area contributed by atoms with Crippen LogP contribution in [0.5, 0.6) is 0 Å². The van der Waals surface area contributed by atoms with E-state index in [1.807, 2.05) is 32.2 Å². The van der Waals surface area contributed by atoms with E-state index in [4.69, 9.17) is 0 Å².